The lowest BCUT2D eigenvalue weighted by molar-refractivity contribution is 0.238. The molecule has 1 aliphatic rings. The molecule has 0 spiro atoms. The van der Waals surface area contributed by atoms with Crippen LogP contribution in [0.2, 0.25) is 0 Å². The van der Waals surface area contributed by atoms with Crippen molar-refractivity contribution in [1.29, 1.82) is 0 Å². The summed E-state index contributed by atoms with van der Waals surface area (Å²) in [7, 11) is 0. The van der Waals surface area contributed by atoms with E-state index in [-0.39, 0.29) is 17.9 Å². The zero-order valence-electron chi connectivity index (χ0n) is 15.1. The summed E-state index contributed by atoms with van der Waals surface area (Å²) < 4.78 is 13.1. The Morgan fingerprint density at radius 1 is 0.960 bits per heavy atom. The van der Waals surface area contributed by atoms with Gasteiger partial charge in [-0.2, -0.15) is 0 Å². The molecule has 0 saturated heterocycles. The second-order valence-corrected chi connectivity index (χ2v) is 6.96. The lowest BCUT2D eigenvalue weighted by Crippen LogP contribution is -2.40. The highest BCUT2D eigenvalue weighted by atomic mass is 19.1. The number of rotatable bonds is 3. The van der Waals surface area contributed by atoms with E-state index in [0.717, 1.165) is 18.4 Å². The molecule has 0 heterocycles. The molecule has 0 aliphatic heterocycles. The number of hydrogen-bond acceptors (Lipinski definition) is 1. The minimum absolute atomic E-state index is 0.176. The SMILES string of the molecule is O=C(N/C=C/c1cccc(F)c1)NC1CCCCCCCCCCC1. The Kier molecular flexibility index (Phi) is 9.09. The van der Waals surface area contributed by atoms with E-state index in [4.69, 9.17) is 0 Å². The maximum absolute atomic E-state index is 13.1. The zero-order valence-corrected chi connectivity index (χ0v) is 15.1. The van der Waals surface area contributed by atoms with E-state index in [0.29, 0.717) is 0 Å². The van der Waals surface area contributed by atoms with Gasteiger partial charge in [0.15, 0.2) is 0 Å². The Hall–Kier alpha value is -1.84. The van der Waals surface area contributed by atoms with Gasteiger partial charge in [0.05, 0.1) is 0 Å². The van der Waals surface area contributed by atoms with E-state index in [1.54, 1.807) is 24.4 Å². The number of carbonyl (C=O) groups is 1. The first-order valence-electron chi connectivity index (χ1n) is 9.73. The molecule has 2 N–H and O–H groups in total. The number of nitrogens with one attached hydrogen (secondary N) is 2. The van der Waals surface area contributed by atoms with Crippen LogP contribution in [0.15, 0.2) is 30.5 Å². The van der Waals surface area contributed by atoms with Crippen LogP contribution in [0.1, 0.15) is 76.2 Å². The van der Waals surface area contributed by atoms with Crippen LogP contribution in [-0.4, -0.2) is 12.1 Å². The van der Waals surface area contributed by atoms with Gasteiger partial charge < -0.3 is 10.6 Å². The van der Waals surface area contributed by atoms with Crippen LogP contribution in [0, 0.1) is 5.82 Å². The number of carbonyl (C=O) groups excluding carboxylic acids is 1. The second-order valence-electron chi connectivity index (χ2n) is 6.96. The van der Waals surface area contributed by atoms with Gasteiger partial charge in [0.25, 0.3) is 0 Å². The van der Waals surface area contributed by atoms with Gasteiger partial charge >= 0.3 is 6.03 Å². The minimum atomic E-state index is -0.278. The van der Waals surface area contributed by atoms with E-state index < -0.39 is 0 Å². The molecule has 1 fully saturated rings. The Bertz CT molecular complexity index is 532. The van der Waals surface area contributed by atoms with Crippen molar-refractivity contribution in [2.75, 3.05) is 0 Å². The monoisotopic (exact) mass is 346 g/mol. The third-order valence-corrected chi connectivity index (χ3v) is 4.78. The lowest BCUT2D eigenvalue weighted by atomic mass is 9.98. The summed E-state index contributed by atoms with van der Waals surface area (Å²) >= 11 is 0. The highest BCUT2D eigenvalue weighted by Crippen LogP contribution is 2.17. The molecule has 4 heteroatoms. The molecule has 0 atom stereocenters. The molecule has 2 amide bonds. The molecule has 3 nitrogen and oxygen atoms in total. The first kappa shape index (κ1) is 19.5. The van der Waals surface area contributed by atoms with Crippen molar-refractivity contribution < 1.29 is 9.18 Å². The fraction of sp³-hybridized carbons (Fsp3) is 0.571. The van der Waals surface area contributed by atoms with E-state index >= 15 is 0 Å². The molecule has 1 aliphatic carbocycles. The molecule has 0 bridgehead atoms. The zero-order chi connectivity index (χ0) is 17.7. The topological polar surface area (TPSA) is 41.1 Å². The van der Waals surface area contributed by atoms with Crippen LogP contribution in [0.4, 0.5) is 9.18 Å². The quantitative estimate of drug-likeness (QED) is 0.717. The maximum Gasteiger partial charge on any atom is 0.318 e. The van der Waals surface area contributed by atoms with Gasteiger partial charge in [-0.15, -0.1) is 0 Å². The molecule has 0 radical (unpaired) electrons. The average Bonchev–Trinajstić information content (AvgIpc) is 2.57. The summed E-state index contributed by atoms with van der Waals surface area (Å²) in [6, 6.07) is 6.36. The van der Waals surface area contributed by atoms with Gasteiger partial charge in [-0.3, -0.25) is 0 Å². The van der Waals surface area contributed by atoms with Crippen molar-refractivity contribution in [2.24, 2.45) is 0 Å². The highest BCUT2D eigenvalue weighted by Gasteiger charge is 2.11. The van der Waals surface area contributed by atoms with Crippen LogP contribution < -0.4 is 10.6 Å². The highest BCUT2D eigenvalue weighted by molar-refractivity contribution is 5.76. The van der Waals surface area contributed by atoms with Crippen LogP contribution >= 0.6 is 0 Å². The van der Waals surface area contributed by atoms with Gasteiger partial charge in [0.2, 0.25) is 0 Å². The number of halogens is 1. The Labute approximate surface area is 151 Å². The Morgan fingerprint density at radius 3 is 2.16 bits per heavy atom. The number of amides is 2. The van der Waals surface area contributed by atoms with Crippen molar-refractivity contribution in [3.05, 3.63) is 41.8 Å². The third-order valence-electron chi connectivity index (χ3n) is 4.78. The normalized spacial score (nSPS) is 18.3. The van der Waals surface area contributed by atoms with Gasteiger partial charge in [-0.25, -0.2) is 9.18 Å². The molecular weight excluding hydrogens is 315 g/mol. The van der Waals surface area contributed by atoms with Gasteiger partial charge in [-0.1, -0.05) is 69.9 Å². The maximum atomic E-state index is 13.1. The largest absolute Gasteiger partial charge is 0.335 e. The standard InChI is InChI=1S/C21H31FN2O/c22-19-12-10-11-18(17-19)15-16-23-21(25)24-20-13-8-6-4-2-1-3-5-7-9-14-20/h10-12,15-17,20H,1-9,13-14H2,(H2,23,24,25)/b16-15+. The van der Waals surface area contributed by atoms with E-state index in [2.05, 4.69) is 10.6 Å². The molecule has 138 valence electrons. The van der Waals surface area contributed by atoms with Crippen LogP contribution in [0.5, 0.6) is 0 Å². The van der Waals surface area contributed by atoms with Crippen molar-refractivity contribution in [2.45, 2.75) is 76.7 Å². The molecule has 25 heavy (non-hydrogen) atoms. The van der Waals surface area contributed by atoms with Gasteiger partial charge in [-0.05, 0) is 36.6 Å². The van der Waals surface area contributed by atoms with Crippen LogP contribution in [0.25, 0.3) is 6.08 Å². The second kappa shape index (κ2) is 11.7. The summed E-state index contributed by atoms with van der Waals surface area (Å²) in [5.41, 5.74) is 0.728. The summed E-state index contributed by atoms with van der Waals surface area (Å²) in [6.45, 7) is 0. The predicted octanol–water partition coefficient (Wildman–Crippen LogP) is 5.77. The van der Waals surface area contributed by atoms with Gasteiger partial charge in [0, 0.05) is 12.2 Å². The molecule has 1 saturated carbocycles. The first-order chi connectivity index (χ1) is 12.2. The molecule has 0 aromatic heterocycles. The third kappa shape index (κ3) is 8.71. The van der Waals surface area contributed by atoms with E-state index in [1.807, 2.05) is 0 Å². The number of hydrogen-bond donors (Lipinski definition) is 2. The van der Waals surface area contributed by atoms with E-state index in [1.165, 1.54) is 69.9 Å². The molecular formula is C21H31FN2O. The summed E-state index contributed by atoms with van der Waals surface area (Å²) in [5.74, 6) is -0.278. The number of benzene rings is 1. The summed E-state index contributed by atoms with van der Waals surface area (Å²) in [5, 5.41) is 5.82. The molecule has 2 rings (SSSR count). The predicted molar refractivity (Wildman–Crippen MR) is 102 cm³/mol. The number of urea groups is 1. The average molecular weight is 346 g/mol. The fourth-order valence-electron chi connectivity index (χ4n) is 3.36. The smallest absolute Gasteiger partial charge is 0.318 e. The Balaban J connectivity index is 1.75. The van der Waals surface area contributed by atoms with Gasteiger partial charge in [0.1, 0.15) is 5.82 Å². The molecule has 1 aromatic rings. The van der Waals surface area contributed by atoms with Crippen LogP contribution in [-0.2, 0) is 0 Å². The van der Waals surface area contributed by atoms with E-state index in [9.17, 15) is 9.18 Å². The first-order valence-corrected chi connectivity index (χ1v) is 9.73. The summed E-state index contributed by atoms with van der Waals surface area (Å²) in [4.78, 5) is 12.1. The molecule has 1 aromatic carbocycles. The Morgan fingerprint density at radius 2 is 1.56 bits per heavy atom. The van der Waals surface area contributed by atoms with Crippen molar-refractivity contribution in [3.63, 3.8) is 0 Å². The minimum Gasteiger partial charge on any atom is -0.335 e. The molecule has 0 unspecified atom stereocenters. The lowest BCUT2D eigenvalue weighted by Gasteiger charge is -2.19. The van der Waals surface area contributed by atoms with Crippen molar-refractivity contribution in [1.82, 2.24) is 10.6 Å². The summed E-state index contributed by atoms with van der Waals surface area (Å²) in [6.07, 6.45) is 17.0. The fourth-order valence-corrected chi connectivity index (χ4v) is 3.36. The van der Waals surface area contributed by atoms with Crippen molar-refractivity contribution >= 4 is 12.1 Å². The van der Waals surface area contributed by atoms with Crippen molar-refractivity contribution in [3.8, 4) is 0 Å². The van der Waals surface area contributed by atoms with Crippen LogP contribution in [0.3, 0.4) is 0 Å².